The lowest BCUT2D eigenvalue weighted by Gasteiger charge is -2.15. The van der Waals surface area contributed by atoms with Crippen molar-refractivity contribution in [3.05, 3.63) is 143 Å². The standard InChI is InChI=1S/C38H22N8O8S/c39-21-15-41-37(42-16-21)53-35(51)19-1-11-27-29(13-19)33(49)45(31(27)47)23-3-7-25(8-4-23)55-26-9-5-24(6-10-26)46-32(48)28-12-2-20(14-30(28)34(46)50)36(52)54-38-43-17-22(40)18-44-38/h1-18H,39-40H2. The van der Waals surface area contributed by atoms with Crippen LogP contribution >= 0.6 is 11.8 Å². The first-order valence-corrected chi connectivity index (χ1v) is 16.9. The Labute approximate surface area is 313 Å². The van der Waals surface area contributed by atoms with Crippen molar-refractivity contribution in [1.82, 2.24) is 19.9 Å². The number of rotatable bonds is 8. The molecule has 0 saturated carbocycles. The van der Waals surface area contributed by atoms with Gasteiger partial charge in [0, 0.05) is 9.79 Å². The Hall–Kier alpha value is -7.79. The summed E-state index contributed by atoms with van der Waals surface area (Å²) in [6, 6.07) is 21.1. The fraction of sp³-hybridized carbons (Fsp3) is 0. The molecule has 268 valence electrons. The van der Waals surface area contributed by atoms with Crippen molar-refractivity contribution in [2.75, 3.05) is 21.3 Å². The number of imide groups is 2. The third-order valence-corrected chi connectivity index (χ3v) is 9.35. The zero-order valence-electron chi connectivity index (χ0n) is 27.9. The second-order valence-corrected chi connectivity index (χ2v) is 13.0. The second-order valence-electron chi connectivity index (χ2n) is 11.9. The summed E-state index contributed by atoms with van der Waals surface area (Å²) in [6.45, 7) is 0. The van der Waals surface area contributed by atoms with Gasteiger partial charge in [0.1, 0.15) is 0 Å². The number of anilines is 4. The highest BCUT2D eigenvalue weighted by molar-refractivity contribution is 7.99. The zero-order valence-corrected chi connectivity index (χ0v) is 28.7. The lowest BCUT2D eigenvalue weighted by molar-refractivity contribution is 0.0709. The van der Waals surface area contributed by atoms with E-state index in [4.69, 9.17) is 20.9 Å². The number of fused-ring (bicyclic) bond motifs is 2. The molecule has 2 aliphatic rings. The van der Waals surface area contributed by atoms with E-state index in [0.717, 1.165) is 19.6 Å². The van der Waals surface area contributed by atoms with Crippen molar-refractivity contribution in [3.8, 4) is 12.0 Å². The van der Waals surface area contributed by atoms with Gasteiger partial charge >= 0.3 is 24.0 Å². The van der Waals surface area contributed by atoms with Crippen LogP contribution in [0.4, 0.5) is 22.7 Å². The topological polar surface area (TPSA) is 231 Å². The van der Waals surface area contributed by atoms with Crippen molar-refractivity contribution >= 4 is 70.1 Å². The number of hydrogen-bond donors (Lipinski definition) is 2. The molecule has 0 fully saturated rings. The van der Waals surface area contributed by atoms with E-state index in [1.165, 1.54) is 72.9 Å². The Kier molecular flexibility index (Phi) is 8.51. The van der Waals surface area contributed by atoms with E-state index in [2.05, 4.69) is 19.9 Å². The minimum atomic E-state index is -0.815. The predicted octanol–water partition coefficient (Wildman–Crippen LogP) is 4.62. The third kappa shape index (κ3) is 6.46. The molecule has 4 N–H and O–H groups in total. The molecule has 0 atom stereocenters. The molecule has 2 aliphatic heterocycles. The first-order valence-electron chi connectivity index (χ1n) is 16.1. The third-order valence-electron chi connectivity index (χ3n) is 8.33. The molecule has 55 heavy (non-hydrogen) atoms. The van der Waals surface area contributed by atoms with Gasteiger partial charge in [-0.05, 0) is 84.9 Å². The Morgan fingerprint density at radius 1 is 0.491 bits per heavy atom. The van der Waals surface area contributed by atoms with Gasteiger partial charge in [-0.3, -0.25) is 19.2 Å². The Bertz CT molecular complexity index is 2420. The van der Waals surface area contributed by atoms with Crippen molar-refractivity contribution < 1.29 is 38.2 Å². The summed E-state index contributed by atoms with van der Waals surface area (Å²) in [4.78, 5) is 97.5. The number of carbonyl (C=O) groups excluding carboxylic acids is 6. The van der Waals surface area contributed by atoms with E-state index < -0.39 is 35.6 Å². The summed E-state index contributed by atoms with van der Waals surface area (Å²) in [6.07, 6.45) is 5.11. The van der Waals surface area contributed by atoms with Crippen molar-refractivity contribution in [3.63, 3.8) is 0 Å². The van der Waals surface area contributed by atoms with E-state index in [-0.39, 0.29) is 56.8 Å². The van der Waals surface area contributed by atoms with E-state index in [1.807, 2.05) is 0 Å². The predicted molar refractivity (Wildman–Crippen MR) is 195 cm³/mol. The molecule has 0 spiro atoms. The van der Waals surface area contributed by atoms with Crippen molar-refractivity contribution in [1.29, 1.82) is 0 Å². The fourth-order valence-electron chi connectivity index (χ4n) is 5.71. The molecule has 0 saturated heterocycles. The number of esters is 2. The summed E-state index contributed by atoms with van der Waals surface area (Å²) >= 11 is 1.37. The van der Waals surface area contributed by atoms with Crippen LogP contribution < -0.4 is 30.7 Å². The largest absolute Gasteiger partial charge is 0.396 e. The maximum atomic E-state index is 13.4. The summed E-state index contributed by atoms with van der Waals surface area (Å²) in [7, 11) is 0. The van der Waals surface area contributed by atoms with Gasteiger partial charge in [-0.25, -0.2) is 39.3 Å². The van der Waals surface area contributed by atoms with Crippen LogP contribution in [0.15, 0.2) is 120 Å². The van der Waals surface area contributed by atoms with Gasteiger partial charge in [-0.2, -0.15) is 0 Å². The van der Waals surface area contributed by atoms with Crippen LogP contribution in [0.1, 0.15) is 62.1 Å². The van der Waals surface area contributed by atoms with E-state index in [0.29, 0.717) is 11.4 Å². The number of hydrogen-bond acceptors (Lipinski definition) is 15. The number of nitrogen functional groups attached to an aromatic ring is 2. The molecule has 2 aromatic heterocycles. The van der Waals surface area contributed by atoms with E-state index in [9.17, 15) is 28.8 Å². The molecule has 6 aromatic rings. The lowest BCUT2D eigenvalue weighted by atomic mass is 10.1. The van der Waals surface area contributed by atoms with Gasteiger partial charge in [-0.1, -0.05) is 11.8 Å². The molecule has 8 rings (SSSR count). The van der Waals surface area contributed by atoms with Gasteiger partial charge in [0.25, 0.3) is 23.6 Å². The van der Waals surface area contributed by atoms with Crippen LogP contribution in [0, 0.1) is 0 Å². The highest BCUT2D eigenvalue weighted by Gasteiger charge is 2.38. The van der Waals surface area contributed by atoms with Gasteiger partial charge in [0.2, 0.25) is 0 Å². The first kappa shape index (κ1) is 34.3. The Balaban J connectivity index is 0.918. The van der Waals surface area contributed by atoms with Gasteiger partial charge < -0.3 is 20.9 Å². The van der Waals surface area contributed by atoms with Crippen LogP contribution in [0.2, 0.25) is 0 Å². The first-order chi connectivity index (χ1) is 26.5. The minimum Gasteiger partial charge on any atom is -0.396 e. The SMILES string of the molecule is Nc1cnc(OC(=O)c2ccc3c(c2)C(=O)N(c2ccc(Sc4ccc(N5C(=O)c6ccc(C(=O)Oc7ncc(N)cn7)cc6C5=O)cc4)cc2)C3=O)nc1. The lowest BCUT2D eigenvalue weighted by Crippen LogP contribution is -2.29. The molecule has 4 aromatic carbocycles. The number of carbonyl (C=O) groups is 6. The number of amides is 4. The van der Waals surface area contributed by atoms with Crippen molar-refractivity contribution in [2.24, 2.45) is 0 Å². The molecule has 0 bridgehead atoms. The van der Waals surface area contributed by atoms with Crippen LogP contribution in [0.5, 0.6) is 12.0 Å². The molecule has 4 amide bonds. The van der Waals surface area contributed by atoms with E-state index in [1.54, 1.807) is 48.5 Å². The van der Waals surface area contributed by atoms with Gasteiger partial charge in [0.05, 0.1) is 80.9 Å². The maximum absolute atomic E-state index is 13.4. The Morgan fingerprint density at radius 3 is 1.20 bits per heavy atom. The number of nitrogens with two attached hydrogens (primary N) is 2. The zero-order chi connectivity index (χ0) is 38.4. The molecule has 17 heteroatoms. The number of nitrogens with zero attached hydrogens (tertiary/aromatic N) is 6. The molecular formula is C38H22N8O8S. The minimum absolute atomic E-state index is 0.0287. The smallest absolute Gasteiger partial charge is 0.345 e. The average Bonchev–Trinajstić information content (AvgIpc) is 3.60. The highest BCUT2D eigenvalue weighted by Crippen LogP contribution is 2.35. The van der Waals surface area contributed by atoms with Crippen LogP contribution in [0.25, 0.3) is 0 Å². The van der Waals surface area contributed by atoms with Crippen LogP contribution in [0.3, 0.4) is 0 Å². The fourth-order valence-corrected chi connectivity index (χ4v) is 6.53. The molecule has 4 heterocycles. The monoisotopic (exact) mass is 750 g/mol. The number of ether oxygens (including phenoxy) is 2. The Morgan fingerprint density at radius 2 is 0.836 bits per heavy atom. The van der Waals surface area contributed by atoms with Gasteiger partial charge in [0.15, 0.2) is 0 Å². The van der Waals surface area contributed by atoms with Crippen molar-refractivity contribution in [2.45, 2.75) is 9.79 Å². The molecule has 0 aliphatic carbocycles. The number of benzene rings is 4. The summed E-state index contributed by atoms with van der Waals surface area (Å²) in [5.41, 5.74) is 12.8. The average molecular weight is 751 g/mol. The molecule has 16 nitrogen and oxygen atoms in total. The summed E-state index contributed by atoms with van der Waals surface area (Å²) < 4.78 is 10.3. The summed E-state index contributed by atoms with van der Waals surface area (Å²) in [5.74, 6) is -3.93. The second kappa shape index (κ2) is 13.6. The normalized spacial score (nSPS) is 13.2. The molecule has 0 radical (unpaired) electrons. The summed E-state index contributed by atoms with van der Waals surface area (Å²) in [5, 5.41) is 0. The molecule has 0 unspecified atom stereocenters. The van der Waals surface area contributed by atoms with Crippen LogP contribution in [-0.2, 0) is 0 Å². The van der Waals surface area contributed by atoms with Crippen LogP contribution in [-0.4, -0.2) is 55.5 Å². The van der Waals surface area contributed by atoms with E-state index >= 15 is 0 Å². The molecular weight excluding hydrogens is 729 g/mol. The van der Waals surface area contributed by atoms with Gasteiger partial charge in [-0.15, -0.1) is 0 Å². The highest BCUT2D eigenvalue weighted by atomic mass is 32.2. The number of aromatic nitrogens is 4. The maximum Gasteiger partial charge on any atom is 0.345 e. The quantitative estimate of drug-likeness (QED) is 0.160.